The number of rotatable bonds is 36. The zero-order valence-corrected chi connectivity index (χ0v) is 28.2. The molecule has 0 aliphatic heterocycles. The lowest BCUT2D eigenvalue weighted by molar-refractivity contribution is -0.132. The monoisotopic (exact) mass is 601 g/mol. The highest BCUT2D eigenvalue weighted by atomic mass is 16.6. The van der Waals surface area contributed by atoms with Crippen LogP contribution in [0.3, 0.4) is 0 Å². The summed E-state index contributed by atoms with van der Waals surface area (Å²) in [6, 6.07) is 0. The molecule has 252 valence electrons. The van der Waals surface area contributed by atoms with Gasteiger partial charge in [-0.1, -0.05) is 129 Å². The fourth-order valence-corrected chi connectivity index (χ4v) is 5.10. The van der Waals surface area contributed by atoms with Gasteiger partial charge in [-0.05, 0) is 12.8 Å². The van der Waals surface area contributed by atoms with Crippen molar-refractivity contribution in [3.8, 4) is 0 Å². The molecule has 7 nitrogen and oxygen atoms in total. The molecule has 0 spiro atoms. The number of carbonyl (C=O) groups excluding carboxylic acids is 1. The van der Waals surface area contributed by atoms with Gasteiger partial charge in [0.2, 0.25) is 5.91 Å². The van der Waals surface area contributed by atoms with Crippen LogP contribution in [0.1, 0.15) is 149 Å². The Balaban J connectivity index is 4.03. The van der Waals surface area contributed by atoms with Gasteiger partial charge in [0.1, 0.15) is 0 Å². The van der Waals surface area contributed by atoms with Crippen molar-refractivity contribution >= 4 is 5.91 Å². The maximum Gasteiger partial charge on any atom is 0.224 e. The lowest BCUT2D eigenvalue weighted by Gasteiger charge is -2.23. The van der Waals surface area contributed by atoms with Crippen molar-refractivity contribution in [2.45, 2.75) is 149 Å². The minimum absolute atomic E-state index is 0.244. The summed E-state index contributed by atoms with van der Waals surface area (Å²) in [5.41, 5.74) is 5.37. The molecule has 0 radical (unpaired) electrons. The Morgan fingerprint density at radius 3 is 1.12 bits per heavy atom. The number of hydrogen-bond donors (Lipinski definition) is 1. The predicted octanol–water partition coefficient (Wildman–Crippen LogP) is 8.07. The molecule has 0 unspecified atom stereocenters. The Hall–Kier alpha value is -0.730. The van der Waals surface area contributed by atoms with Crippen LogP contribution in [0.15, 0.2) is 0 Å². The Morgan fingerprint density at radius 2 is 0.762 bits per heavy atom. The normalized spacial score (nSPS) is 11.4. The maximum atomic E-state index is 13.0. The standard InChI is InChI=1S/C35H72N2O5/c1-3-5-7-9-11-13-15-17-19-21-25-37(26-22-20-18-16-14-12-10-8-6-4-2)35(38)23-27-39-29-31-41-33-34-42-32-30-40-28-24-36/h3-34,36H2,1-2H3. The van der Waals surface area contributed by atoms with E-state index in [0.717, 1.165) is 25.9 Å². The molecule has 0 heterocycles. The second-order valence-corrected chi connectivity index (χ2v) is 11.7. The molecule has 7 heteroatoms. The second-order valence-electron chi connectivity index (χ2n) is 11.7. The topological polar surface area (TPSA) is 83.2 Å². The fourth-order valence-electron chi connectivity index (χ4n) is 5.10. The first-order valence-corrected chi connectivity index (χ1v) is 18.0. The highest BCUT2D eigenvalue weighted by molar-refractivity contribution is 5.76. The Morgan fingerprint density at radius 1 is 0.452 bits per heavy atom. The van der Waals surface area contributed by atoms with Gasteiger partial charge in [0, 0.05) is 19.6 Å². The van der Waals surface area contributed by atoms with Crippen molar-refractivity contribution in [1.82, 2.24) is 4.90 Å². The molecule has 0 atom stereocenters. The molecule has 0 aromatic carbocycles. The van der Waals surface area contributed by atoms with Crippen LogP contribution in [-0.4, -0.2) is 83.3 Å². The molecule has 0 aromatic rings. The molecule has 0 saturated heterocycles. The lowest BCUT2D eigenvalue weighted by atomic mass is 10.1. The van der Waals surface area contributed by atoms with E-state index in [2.05, 4.69) is 18.7 Å². The van der Waals surface area contributed by atoms with Crippen LogP contribution in [-0.2, 0) is 23.7 Å². The van der Waals surface area contributed by atoms with E-state index < -0.39 is 0 Å². The van der Waals surface area contributed by atoms with Gasteiger partial charge >= 0.3 is 0 Å². The number of amides is 1. The summed E-state index contributed by atoms with van der Waals surface area (Å²) in [6.45, 7) is 11.1. The van der Waals surface area contributed by atoms with Gasteiger partial charge in [0.05, 0.1) is 59.3 Å². The molecule has 0 saturated carbocycles. The molecule has 1 amide bonds. The van der Waals surface area contributed by atoms with Crippen LogP contribution in [0, 0.1) is 0 Å². The van der Waals surface area contributed by atoms with E-state index >= 15 is 0 Å². The molecule has 0 aliphatic carbocycles. The first-order chi connectivity index (χ1) is 20.8. The van der Waals surface area contributed by atoms with Crippen molar-refractivity contribution in [2.75, 3.05) is 72.5 Å². The van der Waals surface area contributed by atoms with Crippen LogP contribution in [0.5, 0.6) is 0 Å². The summed E-state index contributed by atoms with van der Waals surface area (Å²) in [5.74, 6) is 0.244. The van der Waals surface area contributed by atoms with E-state index in [-0.39, 0.29) is 5.91 Å². The van der Waals surface area contributed by atoms with Crippen LogP contribution < -0.4 is 5.73 Å². The second kappa shape index (κ2) is 36.5. The summed E-state index contributed by atoms with van der Waals surface area (Å²) in [6.07, 6.45) is 26.9. The van der Waals surface area contributed by atoms with Crippen molar-refractivity contribution < 1.29 is 23.7 Å². The number of nitrogens with zero attached hydrogens (tertiary/aromatic N) is 1. The van der Waals surface area contributed by atoms with Crippen molar-refractivity contribution in [2.24, 2.45) is 5.73 Å². The van der Waals surface area contributed by atoms with E-state index in [1.165, 1.54) is 116 Å². The van der Waals surface area contributed by atoms with Crippen LogP contribution in [0.25, 0.3) is 0 Å². The van der Waals surface area contributed by atoms with Gasteiger partial charge in [-0.2, -0.15) is 0 Å². The van der Waals surface area contributed by atoms with E-state index in [9.17, 15) is 4.79 Å². The lowest BCUT2D eigenvalue weighted by Crippen LogP contribution is -2.33. The van der Waals surface area contributed by atoms with Crippen molar-refractivity contribution in [3.63, 3.8) is 0 Å². The average molecular weight is 601 g/mol. The van der Waals surface area contributed by atoms with Gasteiger partial charge in [-0.25, -0.2) is 0 Å². The van der Waals surface area contributed by atoms with Crippen LogP contribution >= 0.6 is 0 Å². The van der Waals surface area contributed by atoms with Gasteiger partial charge < -0.3 is 29.6 Å². The summed E-state index contributed by atoms with van der Waals surface area (Å²) >= 11 is 0. The molecule has 0 bridgehead atoms. The van der Waals surface area contributed by atoms with E-state index in [1.807, 2.05) is 0 Å². The molecule has 0 aromatic heterocycles. The minimum Gasteiger partial charge on any atom is -0.379 e. The number of ether oxygens (including phenoxy) is 4. The molecular formula is C35H72N2O5. The summed E-state index contributed by atoms with van der Waals surface area (Å²) in [7, 11) is 0. The first kappa shape index (κ1) is 41.3. The smallest absolute Gasteiger partial charge is 0.224 e. The Kier molecular flexibility index (Phi) is 35.8. The molecule has 42 heavy (non-hydrogen) atoms. The number of nitrogens with two attached hydrogens (primary N) is 1. The van der Waals surface area contributed by atoms with Crippen molar-refractivity contribution in [3.05, 3.63) is 0 Å². The van der Waals surface area contributed by atoms with Gasteiger partial charge in [-0.15, -0.1) is 0 Å². The molecule has 0 aliphatic rings. The quantitative estimate of drug-likeness (QED) is 0.0732. The summed E-state index contributed by atoms with van der Waals surface area (Å²) in [4.78, 5) is 15.1. The van der Waals surface area contributed by atoms with Crippen LogP contribution in [0.4, 0.5) is 0 Å². The van der Waals surface area contributed by atoms with E-state index in [4.69, 9.17) is 24.7 Å². The number of unbranched alkanes of at least 4 members (excludes halogenated alkanes) is 18. The van der Waals surface area contributed by atoms with Gasteiger partial charge in [0.15, 0.2) is 0 Å². The van der Waals surface area contributed by atoms with Gasteiger partial charge in [0.25, 0.3) is 0 Å². The summed E-state index contributed by atoms with van der Waals surface area (Å²) < 4.78 is 21.9. The third-order valence-electron chi connectivity index (χ3n) is 7.75. The third kappa shape index (κ3) is 32.2. The van der Waals surface area contributed by atoms with E-state index in [0.29, 0.717) is 65.8 Å². The number of carbonyl (C=O) groups is 1. The SMILES string of the molecule is CCCCCCCCCCCCN(CCCCCCCCCCCC)C(=O)CCOCCOCCOCCOCCN. The molecule has 2 N–H and O–H groups in total. The zero-order valence-electron chi connectivity index (χ0n) is 28.2. The average Bonchev–Trinajstić information content (AvgIpc) is 3.00. The minimum atomic E-state index is 0.244. The van der Waals surface area contributed by atoms with Crippen molar-refractivity contribution in [1.29, 1.82) is 0 Å². The first-order valence-electron chi connectivity index (χ1n) is 18.0. The predicted molar refractivity (Wildman–Crippen MR) is 177 cm³/mol. The Bertz CT molecular complexity index is 500. The molecule has 0 fully saturated rings. The highest BCUT2D eigenvalue weighted by Gasteiger charge is 2.13. The largest absolute Gasteiger partial charge is 0.379 e. The van der Waals surface area contributed by atoms with E-state index in [1.54, 1.807) is 0 Å². The highest BCUT2D eigenvalue weighted by Crippen LogP contribution is 2.13. The molecular weight excluding hydrogens is 528 g/mol. The summed E-state index contributed by atoms with van der Waals surface area (Å²) in [5, 5.41) is 0. The van der Waals surface area contributed by atoms with Gasteiger partial charge in [-0.3, -0.25) is 4.79 Å². The number of hydrogen-bond acceptors (Lipinski definition) is 6. The maximum absolute atomic E-state index is 13.0. The van der Waals surface area contributed by atoms with Crippen LogP contribution in [0.2, 0.25) is 0 Å². The molecule has 0 rings (SSSR count). The zero-order chi connectivity index (χ0) is 30.6. The third-order valence-corrected chi connectivity index (χ3v) is 7.75. The fraction of sp³-hybridized carbons (Fsp3) is 0.971. The Labute approximate surface area is 261 Å².